The van der Waals surface area contributed by atoms with Crippen LogP contribution in [0.4, 0.5) is 0 Å². The average molecular weight is 173 g/mol. The van der Waals surface area contributed by atoms with E-state index < -0.39 is 0 Å². The predicted molar refractivity (Wildman–Crippen MR) is 48.1 cm³/mol. The molecule has 0 aromatic carbocycles. The Morgan fingerprint density at radius 1 is 1.33 bits per heavy atom. The minimum absolute atomic E-state index is 0.532. The van der Waals surface area contributed by atoms with Crippen LogP contribution < -0.4 is 16.8 Å². The summed E-state index contributed by atoms with van der Waals surface area (Å²) in [6.45, 7) is 3.11. The molecule has 1 rings (SSSR count). The minimum Gasteiger partial charge on any atom is -0.370 e. The van der Waals surface area contributed by atoms with Crippen LogP contribution in [0.1, 0.15) is 32.6 Å². The van der Waals surface area contributed by atoms with Gasteiger partial charge in [0.25, 0.3) is 0 Å². The molecule has 0 radical (unpaired) electrons. The van der Waals surface area contributed by atoms with E-state index in [0.717, 1.165) is 19.4 Å². The SMILES string of the molecule is CCCC1OC1CCCNNN. The molecule has 0 bridgehead atoms. The second-order valence-electron chi connectivity index (χ2n) is 3.22. The maximum Gasteiger partial charge on any atom is 0.0842 e. The van der Waals surface area contributed by atoms with Crippen molar-refractivity contribution in [3.8, 4) is 0 Å². The van der Waals surface area contributed by atoms with Gasteiger partial charge in [0.05, 0.1) is 12.2 Å². The smallest absolute Gasteiger partial charge is 0.0842 e. The Labute approximate surface area is 73.8 Å². The molecule has 2 unspecified atom stereocenters. The van der Waals surface area contributed by atoms with E-state index in [1.54, 1.807) is 0 Å². The maximum atomic E-state index is 5.46. The van der Waals surface area contributed by atoms with Crippen LogP contribution in [-0.2, 0) is 4.74 Å². The fraction of sp³-hybridized carbons (Fsp3) is 1.00. The number of epoxide rings is 1. The van der Waals surface area contributed by atoms with Crippen molar-refractivity contribution >= 4 is 0 Å². The molecular formula is C8H19N3O. The van der Waals surface area contributed by atoms with Crippen molar-refractivity contribution in [2.24, 2.45) is 5.84 Å². The predicted octanol–water partition coefficient (Wildman–Crippen LogP) is 0.302. The zero-order chi connectivity index (χ0) is 8.81. The summed E-state index contributed by atoms with van der Waals surface area (Å²) in [5.41, 5.74) is 5.26. The highest BCUT2D eigenvalue weighted by Gasteiger charge is 2.36. The van der Waals surface area contributed by atoms with Gasteiger partial charge in [0, 0.05) is 6.54 Å². The monoisotopic (exact) mass is 173 g/mol. The summed E-state index contributed by atoms with van der Waals surface area (Å²) in [7, 11) is 0. The molecule has 1 heterocycles. The highest BCUT2D eigenvalue weighted by molar-refractivity contribution is 4.83. The standard InChI is InChI=1S/C8H19N3O/c1-2-4-7-8(12-7)5-3-6-10-11-9/h7-8,10-11H,2-6,9H2,1H3. The molecule has 0 aromatic heterocycles. The number of ether oxygens (including phenoxy) is 1. The molecule has 1 fully saturated rings. The van der Waals surface area contributed by atoms with Crippen LogP contribution in [0.25, 0.3) is 0 Å². The third-order valence-electron chi connectivity index (χ3n) is 2.15. The molecule has 1 saturated heterocycles. The summed E-state index contributed by atoms with van der Waals surface area (Å²) in [6, 6.07) is 0. The van der Waals surface area contributed by atoms with Gasteiger partial charge in [-0.3, -0.25) is 5.84 Å². The van der Waals surface area contributed by atoms with Crippen LogP contribution in [-0.4, -0.2) is 18.8 Å². The van der Waals surface area contributed by atoms with Crippen LogP contribution in [0.2, 0.25) is 0 Å². The van der Waals surface area contributed by atoms with Crippen molar-refractivity contribution in [3.63, 3.8) is 0 Å². The van der Waals surface area contributed by atoms with Gasteiger partial charge in [-0.2, -0.15) is 5.53 Å². The van der Waals surface area contributed by atoms with Crippen molar-refractivity contribution in [3.05, 3.63) is 0 Å². The van der Waals surface area contributed by atoms with Gasteiger partial charge in [0.1, 0.15) is 0 Å². The molecule has 0 amide bonds. The second-order valence-corrected chi connectivity index (χ2v) is 3.22. The Bertz CT molecular complexity index is 121. The van der Waals surface area contributed by atoms with Gasteiger partial charge < -0.3 is 4.74 Å². The third-order valence-corrected chi connectivity index (χ3v) is 2.15. The van der Waals surface area contributed by atoms with E-state index in [-0.39, 0.29) is 0 Å². The maximum absolute atomic E-state index is 5.46. The number of nitrogens with two attached hydrogens (primary N) is 1. The fourth-order valence-corrected chi connectivity index (χ4v) is 1.44. The molecule has 4 N–H and O–H groups in total. The summed E-state index contributed by atoms with van der Waals surface area (Å²) in [6.07, 6.45) is 5.80. The van der Waals surface area contributed by atoms with Crippen molar-refractivity contribution in [1.82, 2.24) is 11.0 Å². The van der Waals surface area contributed by atoms with E-state index in [9.17, 15) is 0 Å². The van der Waals surface area contributed by atoms with Gasteiger partial charge in [-0.05, 0) is 19.3 Å². The highest BCUT2D eigenvalue weighted by Crippen LogP contribution is 2.29. The zero-order valence-electron chi connectivity index (χ0n) is 7.68. The molecule has 0 saturated carbocycles. The minimum atomic E-state index is 0.532. The van der Waals surface area contributed by atoms with Crippen LogP contribution in [0.3, 0.4) is 0 Å². The van der Waals surface area contributed by atoms with Crippen LogP contribution in [0, 0.1) is 0 Å². The molecule has 4 nitrogen and oxygen atoms in total. The highest BCUT2D eigenvalue weighted by atomic mass is 16.6. The fourth-order valence-electron chi connectivity index (χ4n) is 1.44. The first-order valence-corrected chi connectivity index (χ1v) is 4.72. The first kappa shape index (κ1) is 9.92. The Morgan fingerprint density at radius 2 is 2.08 bits per heavy atom. The molecule has 2 atom stereocenters. The molecule has 72 valence electrons. The van der Waals surface area contributed by atoms with Crippen LogP contribution in [0.5, 0.6) is 0 Å². The summed E-state index contributed by atoms with van der Waals surface area (Å²) in [5.74, 6) is 5.04. The van der Waals surface area contributed by atoms with Crippen LogP contribution in [0.15, 0.2) is 0 Å². The molecule has 0 spiro atoms. The van der Waals surface area contributed by atoms with Crippen molar-refractivity contribution in [2.75, 3.05) is 6.54 Å². The van der Waals surface area contributed by atoms with Gasteiger partial charge in [-0.15, -0.1) is 0 Å². The molecular weight excluding hydrogens is 154 g/mol. The number of hydrogen-bond donors (Lipinski definition) is 3. The molecule has 1 aliphatic rings. The van der Waals surface area contributed by atoms with E-state index in [1.165, 1.54) is 12.8 Å². The van der Waals surface area contributed by atoms with E-state index in [2.05, 4.69) is 17.9 Å². The lowest BCUT2D eigenvalue weighted by Crippen LogP contribution is -2.38. The molecule has 4 heteroatoms. The van der Waals surface area contributed by atoms with Gasteiger partial charge in [-0.25, -0.2) is 5.43 Å². The Balaban J connectivity index is 1.83. The third kappa shape index (κ3) is 3.49. The number of rotatable bonds is 7. The van der Waals surface area contributed by atoms with E-state index in [4.69, 9.17) is 10.6 Å². The normalized spacial score (nSPS) is 27.5. The lowest BCUT2D eigenvalue weighted by Gasteiger charge is -1.99. The van der Waals surface area contributed by atoms with E-state index in [1.807, 2.05) is 0 Å². The first-order valence-electron chi connectivity index (χ1n) is 4.72. The Kier molecular flexibility index (Phi) is 4.53. The molecule has 12 heavy (non-hydrogen) atoms. The topological polar surface area (TPSA) is 62.6 Å². The van der Waals surface area contributed by atoms with Crippen molar-refractivity contribution in [2.45, 2.75) is 44.8 Å². The summed E-state index contributed by atoms with van der Waals surface area (Å²) in [4.78, 5) is 0. The molecule has 0 aromatic rings. The van der Waals surface area contributed by atoms with E-state index >= 15 is 0 Å². The Morgan fingerprint density at radius 3 is 2.75 bits per heavy atom. The largest absolute Gasteiger partial charge is 0.370 e. The van der Waals surface area contributed by atoms with Crippen molar-refractivity contribution < 1.29 is 4.74 Å². The lowest BCUT2D eigenvalue weighted by molar-refractivity contribution is 0.350. The Hall–Kier alpha value is -0.160. The van der Waals surface area contributed by atoms with Gasteiger partial charge in [0.15, 0.2) is 0 Å². The van der Waals surface area contributed by atoms with Crippen molar-refractivity contribution in [1.29, 1.82) is 0 Å². The summed E-state index contributed by atoms with van der Waals surface area (Å²) < 4.78 is 5.46. The summed E-state index contributed by atoms with van der Waals surface area (Å²) in [5, 5.41) is 0. The van der Waals surface area contributed by atoms with E-state index in [0.29, 0.717) is 12.2 Å². The first-order chi connectivity index (χ1) is 5.88. The molecule has 1 aliphatic heterocycles. The van der Waals surface area contributed by atoms with Gasteiger partial charge in [-0.1, -0.05) is 13.3 Å². The van der Waals surface area contributed by atoms with Gasteiger partial charge in [0.2, 0.25) is 0 Å². The zero-order valence-corrected chi connectivity index (χ0v) is 7.68. The number of hydrazine groups is 2. The van der Waals surface area contributed by atoms with Gasteiger partial charge >= 0.3 is 0 Å². The lowest BCUT2D eigenvalue weighted by atomic mass is 10.1. The average Bonchev–Trinajstić information content (AvgIpc) is 2.79. The number of nitrogens with one attached hydrogen (secondary N) is 2. The quantitative estimate of drug-likeness (QED) is 0.224. The van der Waals surface area contributed by atoms with Crippen LogP contribution >= 0.6 is 0 Å². The number of hydrogen-bond acceptors (Lipinski definition) is 4. The summed E-state index contributed by atoms with van der Waals surface area (Å²) >= 11 is 0. The molecule has 0 aliphatic carbocycles. The second kappa shape index (κ2) is 5.48.